The standard InChI is InChI=1S/C6H4N2O4.C6H6O2/c9-7(10)5-2-1-3-6(4-5)8(11)12;7-5-1-2-6(8)4-3-5/h1-4H;1-4,7-8H. The Labute approximate surface area is 112 Å². The predicted molar refractivity (Wildman–Crippen MR) is 69.5 cm³/mol. The third-order valence-corrected chi connectivity index (χ3v) is 2.10. The van der Waals surface area contributed by atoms with Crippen LogP contribution >= 0.6 is 0 Å². The maximum absolute atomic E-state index is 10.2. The maximum atomic E-state index is 10.2. The Morgan fingerprint density at radius 2 is 1.10 bits per heavy atom. The van der Waals surface area contributed by atoms with Gasteiger partial charge in [-0.3, -0.25) is 20.2 Å². The summed E-state index contributed by atoms with van der Waals surface area (Å²) in [4.78, 5) is 19.0. The zero-order valence-corrected chi connectivity index (χ0v) is 10.0. The fourth-order valence-electron chi connectivity index (χ4n) is 1.17. The first-order valence-electron chi connectivity index (χ1n) is 5.27. The average molecular weight is 278 g/mol. The average Bonchev–Trinajstić information content (AvgIpc) is 2.43. The number of hydrogen-bond acceptors (Lipinski definition) is 6. The van der Waals surface area contributed by atoms with Crippen molar-refractivity contribution in [2.45, 2.75) is 0 Å². The lowest BCUT2D eigenvalue weighted by Gasteiger charge is -1.90. The third kappa shape index (κ3) is 4.61. The molecule has 0 atom stereocenters. The van der Waals surface area contributed by atoms with Crippen molar-refractivity contribution >= 4 is 11.4 Å². The highest BCUT2D eigenvalue weighted by atomic mass is 16.6. The molecule has 0 unspecified atom stereocenters. The van der Waals surface area contributed by atoms with Gasteiger partial charge in [-0.15, -0.1) is 0 Å². The Balaban J connectivity index is 0.000000217. The fraction of sp³-hybridized carbons (Fsp3) is 0. The Hall–Kier alpha value is -3.16. The molecule has 0 heterocycles. The van der Waals surface area contributed by atoms with Crippen LogP contribution in [-0.4, -0.2) is 20.1 Å². The number of non-ortho nitro benzene ring substituents is 2. The first-order chi connectivity index (χ1) is 9.40. The molecule has 20 heavy (non-hydrogen) atoms. The highest BCUT2D eigenvalue weighted by molar-refractivity contribution is 5.42. The van der Waals surface area contributed by atoms with Crippen LogP contribution in [0.5, 0.6) is 11.5 Å². The molecule has 0 saturated carbocycles. The van der Waals surface area contributed by atoms with Crippen LogP contribution in [0.4, 0.5) is 11.4 Å². The maximum Gasteiger partial charge on any atom is 0.276 e. The Morgan fingerprint density at radius 1 is 0.750 bits per heavy atom. The van der Waals surface area contributed by atoms with E-state index in [1.165, 1.54) is 42.5 Å². The van der Waals surface area contributed by atoms with E-state index in [1.54, 1.807) is 0 Å². The number of nitro benzene ring substituents is 2. The third-order valence-electron chi connectivity index (χ3n) is 2.10. The van der Waals surface area contributed by atoms with Crippen LogP contribution in [-0.2, 0) is 0 Å². The number of nitrogens with zero attached hydrogens (tertiary/aromatic N) is 2. The molecule has 2 aromatic rings. The molecule has 0 radical (unpaired) electrons. The van der Waals surface area contributed by atoms with Gasteiger partial charge in [0.05, 0.1) is 15.9 Å². The normalized spacial score (nSPS) is 9.20. The predicted octanol–water partition coefficient (Wildman–Crippen LogP) is 2.60. The van der Waals surface area contributed by atoms with Crippen molar-refractivity contribution < 1.29 is 20.1 Å². The van der Waals surface area contributed by atoms with E-state index >= 15 is 0 Å². The molecule has 2 rings (SSSR count). The molecule has 0 aliphatic heterocycles. The lowest BCUT2D eigenvalue weighted by atomic mass is 10.3. The van der Waals surface area contributed by atoms with Crippen LogP contribution in [0.1, 0.15) is 0 Å². The van der Waals surface area contributed by atoms with E-state index in [2.05, 4.69) is 0 Å². The summed E-state index contributed by atoms with van der Waals surface area (Å²) in [6.07, 6.45) is 0. The topological polar surface area (TPSA) is 127 Å². The van der Waals surface area contributed by atoms with Crippen molar-refractivity contribution in [3.05, 3.63) is 68.8 Å². The number of benzene rings is 2. The highest BCUT2D eigenvalue weighted by Gasteiger charge is 2.11. The van der Waals surface area contributed by atoms with Gasteiger partial charge in [-0.2, -0.15) is 0 Å². The van der Waals surface area contributed by atoms with E-state index in [1.807, 2.05) is 0 Å². The molecule has 8 nitrogen and oxygen atoms in total. The van der Waals surface area contributed by atoms with E-state index < -0.39 is 9.85 Å². The molecule has 0 aromatic heterocycles. The molecule has 0 aliphatic rings. The van der Waals surface area contributed by atoms with Crippen LogP contribution in [0.3, 0.4) is 0 Å². The summed E-state index contributed by atoms with van der Waals surface area (Å²) in [5.41, 5.74) is -0.548. The molecule has 2 aromatic carbocycles. The second-order valence-corrected chi connectivity index (χ2v) is 3.55. The molecule has 0 aliphatic carbocycles. The Kier molecular flexibility index (Phi) is 4.98. The zero-order valence-electron chi connectivity index (χ0n) is 10.0. The van der Waals surface area contributed by atoms with Crippen LogP contribution in [0.2, 0.25) is 0 Å². The molecule has 104 valence electrons. The first kappa shape index (κ1) is 14.9. The van der Waals surface area contributed by atoms with Crippen molar-refractivity contribution in [3.63, 3.8) is 0 Å². The van der Waals surface area contributed by atoms with Gasteiger partial charge in [0.25, 0.3) is 11.4 Å². The van der Waals surface area contributed by atoms with E-state index in [-0.39, 0.29) is 22.9 Å². The number of rotatable bonds is 2. The van der Waals surface area contributed by atoms with Gasteiger partial charge in [0, 0.05) is 12.1 Å². The van der Waals surface area contributed by atoms with E-state index in [0.29, 0.717) is 0 Å². The minimum absolute atomic E-state index is 0.169. The summed E-state index contributed by atoms with van der Waals surface area (Å²) in [7, 11) is 0. The quantitative estimate of drug-likeness (QED) is 0.493. The molecular formula is C12H10N2O6. The van der Waals surface area contributed by atoms with Gasteiger partial charge in [0.15, 0.2) is 0 Å². The summed E-state index contributed by atoms with van der Waals surface area (Å²) in [5.74, 6) is 0.339. The van der Waals surface area contributed by atoms with Crippen LogP contribution < -0.4 is 0 Å². The lowest BCUT2D eigenvalue weighted by Crippen LogP contribution is -1.91. The van der Waals surface area contributed by atoms with E-state index in [9.17, 15) is 20.2 Å². The number of aromatic hydroxyl groups is 2. The molecule has 2 N–H and O–H groups in total. The largest absolute Gasteiger partial charge is 0.508 e. The minimum atomic E-state index is -0.674. The molecule has 0 spiro atoms. The molecular weight excluding hydrogens is 268 g/mol. The van der Waals surface area contributed by atoms with Crippen LogP contribution in [0.25, 0.3) is 0 Å². The SMILES string of the molecule is O=[N+]([O-])c1cccc([N+](=O)[O-])c1.Oc1ccc(O)cc1. The van der Waals surface area contributed by atoms with Gasteiger partial charge < -0.3 is 10.2 Å². The Bertz CT molecular complexity index is 561. The summed E-state index contributed by atoms with van der Waals surface area (Å²) in [5, 5.41) is 37.6. The second-order valence-electron chi connectivity index (χ2n) is 3.55. The van der Waals surface area contributed by atoms with Gasteiger partial charge in [-0.1, -0.05) is 0 Å². The van der Waals surface area contributed by atoms with E-state index in [0.717, 1.165) is 6.07 Å². The summed E-state index contributed by atoms with van der Waals surface area (Å²) >= 11 is 0. The van der Waals surface area contributed by atoms with Crippen molar-refractivity contribution in [2.24, 2.45) is 0 Å². The van der Waals surface area contributed by atoms with E-state index in [4.69, 9.17) is 10.2 Å². The number of phenols is 2. The Morgan fingerprint density at radius 3 is 1.40 bits per heavy atom. The van der Waals surface area contributed by atoms with Crippen molar-refractivity contribution in [3.8, 4) is 11.5 Å². The molecule has 0 amide bonds. The van der Waals surface area contributed by atoms with Crippen LogP contribution in [0.15, 0.2) is 48.5 Å². The van der Waals surface area contributed by atoms with Crippen molar-refractivity contribution in [2.75, 3.05) is 0 Å². The zero-order chi connectivity index (χ0) is 15.1. The first-order valence-corrected chi connectivity index (χ1v) is 5.27. The number of hydrogen-bond donors (Lipinski definition) is 2. The van der Waals surface area contributed by atoms with Gasteiger partial charge in [0.2, 0.25) is 0 Å². The second kappa shape index (κ2) is 6.69. The molecule has 8 heteroatoms. The molecule has 0 fully saturated rings. The summed E-state index contributed by atoms with van der Waals surface area (Å²) < 4.78 is 0. The van der Waals surface area contributed by atoms with Gasteiger partial charge in [0.1, 0.15) is 11.5 Å². The van der Waals surface area contributed by atoms with Gasteiger partial charge in [-0.25, -0.2) is 0 Å². The fourth-order valence-corrected chi connectivity index (χ4v) is 1.17. The highest BCUT2D eigenvalue weighted by Crippen LogP contribution is 2.18. The van der Waals surface area contributed by atoms with Crippen molar-refractivity contribution in [1.29, 1.82) is 0 Å². The smallest absolute Gasteiger partial charge is 0.276 e. The summed E-state index contributed by atoms with van der Waals surface area (Å²) in [6, 6.07) is 10.3. The number of nitro groups is 2. The van der Waals surface area contributed by atoms with Gasteiger partial charge in [-0.05, 0) is 30.3 Å². The molecule has 0 bridgehead atoms. The number of phenolic OH excluding ortho intramolecular Hbond substituents is 2. The minimum Gasteiger partial charge on any atom is -0.508 e. The van der Waals surface area contributed by atoms with Gasteiger partial charge >= 0.3 is 0 Å². The van der Waals surface area contributed by atoms with Crippen molar-refractivity contribution in [1.82, 2.24) is 0 Å². The lowest BCUT2D eigenvalue weighted by molar-refractivity contribution is -0.394. The monoisotopic (exact) mass is 278 g/mol. The van der Waals surface area contributed by atoms with Crippen LogP contribution in [0, 0.1) is 20.2 Å². The summed E-state index contributed by atoms with van der Waals surface area (Å²) in [6.45, 7) is 0. The molecule has 0 saturated heterocycles.